The summed E-state index contributed by atoms with van der Waals surface area (Å²) in [6.07, 6.45) is 1.52. The molecule has 1 heterocycles. The van der Waals surface area contributed by atoms with Crippen molar-refractivity contribution in [2.24, 2.45) is 5.10 Å². The molecule has 160 valence electrons. The second-order valence-corrected chi connectivity index (χ2v) is 7.34. The molecule has 3 N–H and O–H groups in total. The number of carbonyl (C=O) groups is 1. The number of carbonyl (C=O) groups excluding carboxylic acids is 1. The van der Waals surface area contributed by atoms with E-state index in [2.05, 4.69) is 20.4 Å². The highest BCUT2D eigenvalue weighted by atomic mass is 35.5. The Kier molecular flexibility index (Phi) is 7.41. The van der Waals surface area contributed by atoms with E-state index >= 15 is 0 Å². The number of aliphatic hydroxyl groups is 1. The van der Waals surface area contributed by atoms with Crippen LogP contribution in [0.2, 0.25) is 10.0 Å². The van der Waals surface area contributed by atoms with Crippen molar-refractivity contribution < 1.29 is 9.90 Å². The smallest absolute Gasteiger partial charge is 0.347 e. The van der Waals surface area contributed by atoms with E-state index in [0.717, 1.165) is 5.56 Å². The van der Waals surface area contributed by atoms with E-state index in [1.807, 2.05) is 0 Å². The molecule has 0 atom stereocenters. The second-order valence-electron chi connectivity index (χ2n) is 6.47. The van der Waals surface area contributed by atoms with Crippen LogP contribution in [0.15, 0.2) is 58.4 Å². The Morgan fingerprint density at radius 2 is 1.77 bits per heavy atom. The number of halogens is 2. The second kappa shape index (κ2) is 10.2. The number of amides is 1. The van der Waals surface area contributed by atoms with Gasteiger partial charge in [0, 0.05) is 21.4 Å². The highest BCUT2D eigenvalue weighted by molar-refractivity contribution is 6.31. The van der Waals surface area contributed by atoms with Crippen LogP contribution in [0, 0.1) is 6.92 Å². The van der Waals surface area contributed by atoms with Crippen molar-refractivity contribution in [2.75, 3.05) is 23.5 Å². The van der Waals surface area contributed by atoms with Crippen molar-refractivity contribution >= 4 is 46.8 Å². The summed E-state index contributed by atoms with van der Waals surface area (Å²) in [4.78, 5) is 31.5. The van der Waals surface area contributed by atoms with Crippen LogP contribution in [-0.4, -0.2) is 40.3 Å². The van der Waals surface area contributed by atoms with Crippen molar-refractivity contribution in [1.29, 1.82) is 0 Å². The Morgan fingerprint density at radius 3 is 2.39 bits per heavy atom. The molecular weight excluding hydrogens is 441 g/mol. The van der Waals surface area contributed by atoms with E-state index in [0.29, 0.717) is 21.4 Å². The lowest BCUT2D eigenvalue weighted by atomic mass is 10.2. The minimum Gasteiger partial charge on any atom is -0.394 e. The summed E-state index contributed by atoms with van der Waals surface area (Å²) in [6.45, 7) is 1.33. The monoisotopic (exact) mass is 459 g/mol. The van der Waals surface area contributed by atoms with Crippen LogP contribution in [0.25, 0.3) is 0 Å². The molecule has 0 spiro atoms. The molecule has 1 aromatic heterocycles. The predicted molar refractivity (Wildman–Crippen MR) is 122 cm³/mol. The van der Waals surface area contributed by atoms with Gasteiger partial charge in [-0.2, -0.15) is 10.1 Å². The molecule has 1 amide bonds. The molecule has 0 fully saturated rings. The maximum atomic E-state index is 13.0. The van der Waals surface area contributed by atoms with E-state index in [9.17, 15) is 14.7 Å². The molecule has 2 aromatic carbocycles. The molecule has 0 saturated heterocycles. The molecule has 10 heteroatoms. The van der Waals surface area contributed by atoms with Crippen LogP contribution in [0.1, 0.15) is 21.6 Å². The Balaban J connectivity index is 1.98. The number of aromatic nitrogens is 2. The number of nitrogens with one attached hydrogen (secondary N) is 2. The fraction of sp³-hybridized carbons (Fsp3) is 0.143. The van der Waals surface area contributed by atoms with Gasteiger partial charge in [-0.05, 0) is 48.9 Å². The highest BCUT2D eigenvalue weighted by Gasteiger charge is 2.22. The zero-order valence-corrected chi connectivity index (χ0v) is 18.0. The molecule has 0 aliphatic carbocycles. The van der Waals surface area contributed by atoms with E-state index in [4.69, 9.17) is 23.2 Å². The number of hydrogen-bond donors (Lipinski definition) is 3. The van der Waals surface area contributed by atoms with Crippen LogP contribution in [0.3, 0.4) is 0 Å². The van der Waals surface area contributed by atoms with Crippen LogP contribution in [-0.2, 0) is 0 Å². The fourth-order valence-corrected chi connectivity index (χ4v) is 3.01. The first-order valence-electron chi connectivity index (χ1n) is 9.23. The average molecular weight is 460 g/mol. The van der Waals surface area contributed by atoms with Crippen molar-refractivity contribution in [3.05, 3.63) is 85.9 Å². The summed E-state index contributed by atoms with van der Waals surface area (Å²) in [7, 11) is 0. The van der Waals surface area contributed by atoms with Gasteiger partial charge in [0.2, 0.25) is 0 Å². The summed E-state index contributed by atoms with van der Waals surface area (Å²) < 4.78 is 0. The van der Waals surface area contributed by atoms with Gasteiger partial charge < -0.3 is 15.4 Å². The number of hydrazone groups is 1. The van der Waals surface area contributed by atoms with Gasteiger partial charge >= 0.3 is 5.69 Å². The van der Waals surface area contributed by atoms with Crippen molar-refractivity contribution in [2.45, 2.75) is 6.92 Å². The highest BCUT2D eigenvalue weighted by Crippen LogP contribution is 2.21. The number of benzene rings is 2. The molecule has 0 aliphatic rings. The van der Waals surface area contributed by atoms with E-state index in [1.165, 1.54) is 11.2 Å². The van der Waals surface area contributed by atoms with Crippen molar-refractivity contribution in [3.8, 4) is 0 Å². The summed E-state index contributed by atoms with van der Waals surface area (Å²) in [5.41, 5.74) is 1.05. The molecule has 8 nitrogen and oxygen atoms in total. The molecule has 0 radical (unpaired) electrons. The SMILES string of the molecule is Cc1[nH]c(=O)nc(N(CCO)/N=C/c2ccc(Cl)cc2)c1C(=O)Nc1ccc(Cl)cc1. The van der Waals surface area contributed by atoms with Crippen molar-refractivity contribution in [1.82, 2.24) is 9.97 Å². The molecule has 0 aliphatic heterocycles. The summed E-state index contributed by atoms with van der Waals surface area (Å²) >= 11 is 11.8. The Morgan fingerprint density at radius 1 is 1.16 bits per heavy atom. The Labute approximate surface area is 188 Å². The summed E-state index contributed by atoms with van der Waals surface area (Å²) in [5, 5.41) is 19.0. The number of rotatable bonds is 7. The normalized spacial score (nSPS) is 11.0. The molecule has 0 bridgehead atoms. The first-order valence-corrected chi connectivity index (χ1v) is 9.99. The van der Waals surface area contributed by atoms with E-state index in [1.54, 1.807) is 55.5 Å². The third-order valence-corrected chi connectivity index (χ3v) is 4.71. The molecule has 3 rings (SSSR count). The van der Waals surface area contributed by atoms with Gasteiger partial charge in [-0.25, -0.2) is 9.80 Å². The fourth-order valence-electron chi connectivity index (χ4n) is 2.75. The summed E-state index contributed by atoms with van der Waals surface area (Å²) in [6, 6.07) is 13.5. The maximum Gasteiger partial charge on any atom is 0.347 e. The first kappa shape index (κ1) is 22.5. The first-order chi connectivity index (χ1) is 14.9. The van der Waals surface area contributed by atoms with Crippen LogP contribution in [0.5, 0.6) is 0 Å². The topological polar surface area (TPSA) is 111 Å². The third-order valence-electron chi connectivity index (χ3n) is 4.20. The Bertz CT molecular complexity index is 1150. The van der Waals surface area contributed by atoms with E-state index < -0.39 is 11.6 Å². The maximum absolute atomic E-state index is 13.0. The molecular formula is C21H19Cl2N5O3. The van der Waals surface area contributed by atoms with Gasteiger partial charge in [0.15, 0.2) is 5.82 Å². The number of nitrogens with zero attached hydrogens (tertiary/aromatic N) is 3. The van der Waals surface area contributed by atoms with Gasteiger partial charge in [0.1, 0.15) is 5.56 Å². The van der Waals surface area contributed by atoms with Crippen LogP contribution in [0.4, 0.5) is 11.5 Å². The lowest BCUT2D eigenvalue weighted by molar-refractivity contribution is 0.102. The zero-order valence-electron chi connectivity index (χ0n) is 16.5. The van der Waals surface area contributed by atoms with Gasteiger partial charge in [-0.1, -0.05) is 35.3 Å². The third kappa shape index (κ3) is 5.91. The van der Waals surface area contributed by atoms with Crippen LogP contribution >= 0.6 is 23.2 Å². The van der Waals surface area contributed by atoms with Gasteiger partial charge in [0.25, 0.3) is 5.91 Å². The average Bonchev–Trinajstić information content (AvgIpc) is 2.73. The molecule has 0 saturated carbocycles. The number of aliphatic hydroxyl groups excluding tert-OH is 1. The standard InChI is InChI=1S/C21H19Cl2N5O3/c1-13-18(20(30)26-17-8-6-16(23)7-9-17)19(27-21(31)25-13)28(10-11-29)24-12-14-2-4-15(22)5-3-14/h2-9,12,29H,10-11H2,1H3,(H,26,30)(H,25,27,31)/b24-12+. The minimum absolute atomic E-state index is 0.0151. The lowest BCUT2D eigenvalue weighted by Gasteiger charge is -2.20. The largest absolute Gasteiger partial charge is 0.394 e. The molecule has 3 aromatic rings. The van der Waals surface area contributed by atoms with Gasteiger partial charge in [-0.3, -0.25) is 4.79 Å². The van der Waals surface area contributed by atoms with E-state index in [-0.39, 0.29) is 24.5 Å². The number of anilines is 2. The van der Waals surface area contributed by atoms with Gasteiger partial charge in [0.05, 0.1) is 19.4 Å². The zero-order chi connectivity index (χ0) is 22.4. The lowest BCUT2D eigenvalue weighted by Crippen LogP contribution is -2.30. The summed E-state index contributed by atoms with van der Waals surface area (Å²) in [5.74, 6) is -0.477. The molecule has 31 heavy (non-hydrogen) atoms. The predicted octanol–water partition coefficient (Wildman–Crippen LogP) is 3.47. The number of H-pyrrole nitrogens is 1. The van der Waals surface area contributed by atoms with Crippen molar-refractivity contribution in [3.63, 3.8) is 0 Å². The number of aryl methyl sites for hydroxylation is 1. The molecule has 0 unspecified atom stereocenters. The Hall–Kier alpha value is -3.20. The van der Waals surface area contributed by atoms with Gasteiger partial charge in [-0.15, -0.1) is 0 Å². The quantitative estimate of drug-likeness (QED) is 0.370. The minimum atomic E-state index is -0.639. The van der Waals surface area contributed by atoms with Crippen LogP contribution < -0.4 is 16.0 Å². The number of hydrogen-bond acceptors (Lipinski definition) is 6. The number of aromatic amines is 1.